The normalized spacial score (nSPS) is 19.2. The van der Waals surface area contributed by atoms with Crippen LogP contribution < -0.4 is 0 Å². The molecule has 0 N–H and O–H groups in total. The van der Waals surface area contributed by atoms with Gasteiger partial charge in [0, 0.05) is 25.2 Å². The minimum absolute atomic E-state index is 0.0586. The van der Waals surface area contributed by atoms with E-state index in [-0.39, 0.29) is 17.6 Å². The lowest BCUT2D eigenvalue weighted by Gasteiger charge is -2.31. The molecular formula is C15H20N2O4. The second kappa shape index (κ2) is 7.17. The highest BCUT2D eigenvalue weighted by molar-refractivity contribution is 5.72. The van der Waals surface area contributed by atoms with Crippen molar-refractivity contribution in [1.82, 2.24) is 4.90 Å². The van der Waals surface area contributed by atoms with E-state index in [1.165, 1.54) is 12.1 Å². The molecule has 1 aliphatic rings. The van der Waals surface area contributed by atoms with Crippen molar-refractivity contribution in [3.63, 3.8) is 0 Å². The lowest BCUT2D eigenvalue weighted by molar-refractivity contribution is -0.384. The van der Waals surface area contributed by atoms with Gasteiger partial charge in [0.15, 0.2) is 0 Å². The van der Waals surface area contributed by atoms with E-state index in [0.29, 0.717) is 19.7 Å². The van der Waals surface area contributed by atoms with Gasteiger partial charge in [-0.05, 0) is 31.9 Å². The lowest BCUT2D eigenvalue weighted by Crippen LogP contribution is -2.38. The van der Waals surface area contributed by atoms with E-state index >= 15 is 0 Å². The number of esters is 1. The summed E-state index contributed by atoms with van der Waals surface area (Å²) in [4.78, 5) is 24.2. The standard InChI is InChI=1S/C15H20N2O4/c1-2-21-15(18)13-4-3-9-16(11-13)10-12-5-7-14(8-6-12)17(19)20/h5-8,13H,2-4,9-11H2,1H3/t13-/m0/s1. The summed E-state index contributed by atoms with van der Waals surface area (Å²) in [6.45, 7) is 4.56. The monoisotopic (exact) mass is 292 g/mol. The quantitative estimate of drug-likeness (QED) is 0.473. The number of hydrogen-bond acceptors (Lipinski definition) is 5. The average molecular weight is 292 g/mol. The zero-order valence-electron chi connectivity index (χ0n) is 12.2. The zero-order chi connectivity index (χ0) is 15.2. The Morgan fingerprint density at radius 3 is 2.76 bits per heavy atom. The number of carbonyl (C=O) groups is 1. The first-order chi connectivity index (χ1) is 10.1. The van der Waals surface area contributed by atoms with Crippen LogP contribution in [0.2, 0.25) is 0 Å². The molecule has 114 valence electrons. The molecule has 0 amide bonds. The Labute approximate surface area is 123 Å². The van der Waals surface area contributed by atoms with Gasteiger partial charge in [-0.2, -0.15) is 0 Å². The van der Waals surface area contributed by atoms with Crippen LogP contribution in [-0.4, -0.2) is 35.5 Å². The third kappa shape index (κ3) is 4.26. The number of nitro groups is 1. The van der Waals surface area contributed by atoms with Gasteiger partial charge in [0.05, 0.1) is 17.4 Å². The number of carbonyl (C=O) groups excluding carboxylic acids is 1. The molecule has 0 saturated carbocycles. The second-order valence-electron chi connectivity index (χ2n) is 5.25. The summed E-state index contributed by atoms with van der Waals surface area (Å²) in [5, 5.41) is 10.6. The molecule has 6 nitrogen and oxygen atoms in total. The highest BCUT2D eigenvalue weighted by atomic mass is 16.6. The van der Waals surface area contributed by atoms with E-state index in [2.05, 4.69) is 4.90 Å². The average Bonchev–Trinajstić information content (AvgIpc) is 2.48. The first-order valence-corrected chi connectivity index (χ1v) is 7.22. The Bertz CT molecular complexity index is 501. The van der Waals surface area contributed by atoms with E-state index in [1.807, 2.05) is 6.92 Å². The summed E-state index contributed by atoms with van der Waals surface area (Å²) in [5.41, 5.74) is 1.12. The van der Waals surface area contributed by atoms with Crippen LogP contribution in [-0.2, 0) is 16.1 Å². The molecule has 2 rings (SSSR count). The molecule has 0 spiro atoms. The molecule has 1 aromatic rings. The first kappa shape index (κ1) is 15.4. The molecule has 1 heterocycles. The summed E-state index contributed by atoms with van der Waals surface area (Å²) in [6, 6.07) is 6.57. The van der Waals surface area contributed by atoms with E-state index in [0.717, 1.165) is 24.9 Å². The van der Waals surface area contributed by atoms with Crippen molar-refractivity contribution in [2.24, 2.45) is 5.92 Å². The predicted octanol–water partition coefficient (Wildman–Crippen LogP) is 2.37. The number of hydrogen-bond donors (Lipinski definition) is 0. The van der Waals surface area contributed by atoms with Crippen LogP contribution in [0.1, 0.15) is 25.3 Å². The van der Waals surface area contributed by atoms with Crippen LogP contribution in [0.25, 0.3) is 0 Å². The number of nitrogens with zero attached hydrogens (tertiary/aromatic N) is 2. The fraction of sp³-hybridized carbons (Fsp3) is 0.533. The minimum Gasteiger partial charge on any atom is -0.466 e. The molecule has 0 bridgehead atoms. The van der Waals surface area contributed by atoms with Crippen molar-refractivity contribution in [3.8, 4) is 0 Å². The zero-order valence-corrected chi connectivity index (χ0v) is 12.2. The Morgan fingerprint density at radius 1 is 1.43 bits per heavy atom. The smallest absolute Gasteiger partial charge is 0.310 e. The van der Waals surface area contributed by atoms with E-state index in [9.17, 15) is 14.9 Å². The Balaban J connectivity index is 1.93. The molecule has 6 heteroatoms. The molecule has 0 aliphatic carbocycles. The van der Waals surface area contributed by atoms with Gasteiger partial charge in [-0.1, -0.05) is 12.1 Å². The molecule has 1 aromatic carbocycles. The van der Waals surface area contributed by atoms with Gasteiger partial charge >= 0.3 is 5.97 Å². The van der Waals surface area contributed by atoms with Gasteiger partial charge in [-0.15, -0.1) is 0 Å². The SMILES string of the molecule is CCOC(=O)[C@H]1CCCN(Cc2ccc([N+](=O)[O-])cc2)C1. The molecule has 1 atom stereocenters. The highest BCUT2D eigenvalue weighted by Crippen LogP contribution is 2.20. The van der Waals surface area contributed by atoms with Crippen molar-refractivity contribution in [1.29, 1.82) is 0 Å². The second-order valence-corrected chi connectivity index (χ2v) is 5.25. The number of benzene rings is 1. The van der Waals surface area contributed by atoms with Crippen LogP contribution in [0.15, 0.2) is 24.3 Å². The Kier molecular flexibility index (Phi) is 5.27. The number of ether oxygens (including phenoxy) is 1. The van der Waals surface area contributed by atoms with Gasteiger partial charge in [0.25, 0.3) is 5.69 Å². The van der Waals surface area contributed by atoms with E-state index < -0.39 is 4.92 Å². The maximum absolute atomic E-state index is 11.8. The molecule has 0 aromatic heterocycles. The fourth-order valence-electron chi connectivity index (χ4n) is 2.63. The maximum Gasteiger partial charge on any atom is 0.310 e. The molecule has 1 aliphatic heterocycles. The third-order valence-corrected chi connectivity index (χ3v) is 3.68. The third-order valence-electron chi connectivity index (χ3n) is 3.68. The molecule has 0 unspecified atom stereocenters. The summed E-state index contributed by atoms with van der Waals surface area (Å²) in [7, 11) is 0. The number of nitro benzene ring substituents is 1. The summed E-state index contributed by atoms with van der Waals surface area (Å²) in [5.74, 6) is -0.178. The van der Waals surface area contributed by atoms with E-state index in [4.69, 9.17) is 4.74 Å². The number of likely N-dealkylation sites (tertiary alicyclic amines) is 1. The minimum atomic E-state index is -0.401. The molecule has 1 fully saturated rings. The summed E-state index contributed by atoms with van der Waals surface area (Å²) >= 11 is 0. The van der Waals surface area contributed by atoms with E-state index in [1.54, 1.807) is 12.1 Å². The van der Waals surface area contributed by atoms with Crippen molar-refractivity contribution >= 4 is 11.7 Å². The van der Waals surface area contributed by atoms with Crippen molar-refractivity contribution in [2.75, 3.05) is 19.7 Å². The van der Waals surface area contributed by atoms with Gasteiger partial charge < -0.3 is 4.74 Å². The molecular weight excluding hydrogens is 272 g/mol. The molecule has 21 heavy (non-hydrogen) atoms. The van der Waals surface area contributed by atoms with Crippen molar-refractivity contribution in [2.45, 2.75) is 26.3 Å². The summed E-state index contributed by atoms with van der Waals surface area (Å²) < 4.78 is 5.08. The van der Waals surface area contributed by atoms with Gasteiger partial charge in [-0.3, -0.25) is 19.8 Å². The molecule has 1 saturated heterocycles. The van der Waals surface area contributed by atoms with Crippen LogP contribution in [0.5, 0.6) is 0 Å². The lowest BCUT2D eigenvalue weighted by atomic mass is 9.97. The number of piperidine rings is 1. The first-order valence-electron chi connectivity index (χ1n) is 7.22. The van der Waals surface area contributed by atoms with Gasteiger partial charge in [0.1, 0.15) is 0 Å². The number of rotatable bonds is 5. The van der Waals surface area contributed by atoms with Crippen molar-refractivity contribution < 1.29 is 14.5 Å². The van der Waals surface area contributed by atoms with Gasteiger partial charge in [-0.25, -0.2) is 0 Å². The van der Waals surface area contributed by atoms with Gasteiger partial charge in [0.2, 0.25) is 0 Å². The van der Waals surface area contributed by atoms with Crippen molar-refractivity contribution in [3.05, 3.63) is 39.9 Å². The maximum atomic E-state index is 11.8. The highest BCUT2D eigenvalue weighted by Gasteiger charge is 2.26. The predicted molar refractivity (Wildman–Crippen MR) is 77.7 cm³/mol. The Morgan fingerprint density at radius 2 is 2.14 bits per heavy atom. The number of non-ortho nitro benzene ring substituents is 1. The largest absolute Gasteiger partial charge is 0.466 e. The fourth-order valence-corrected chi connectivity index (χ4v) is 2.63. The topological polar surface area (TPSA) is 72.7 Å². The summed E-state index contributed by atoms with van der Waals surface area (Å²) in [6.07, 6.45) is 1.84. The van der Waals surface area contributed by atoms with Crippen LogP contribution in [0.3, 0.4) is 0 Å². The Hall–Kier alpha value is -1.95. The van der Waals surface area contributed by atoms with Crippen LogP contribution >= 0.6 is 0 Å². The van der Waals surface area contributed by atoms with Crippen LogP contribution in [0.4, 0.5) is 5.69 Å². The molecule has 0 radical (unpaired) electrons. The van der Waals surface area contributed by atoms with Crippen LogP contribution in [0, 0.1) is 16.0 Å².